The van der Waals surface area contributed by atoms with Gasteiger partial charge in [0.25, 0.3) is 0 Å². The largest absolute Gasteiger partial charge is 0.201 e. The Bertz CT molecular complexity index is 371. The Labute approximate surface area is 70.6 Å². The predicted molar refractivity (Wildman–Crippen MR) is 47.3 cm³/mol. The minimum atomic E-state index is 0.986. The first-order valence-corrected chi connectivity index (χ1v) is 3.66. The molecule has 58 valence electrons. The molecule has 1 heterocycles. The van der Waals surface area contributed by atoms with Gasteiger partial charge in [0.1, 0.15) is 14.2 Å². The van der Waals surface area contributed by atoms with Gasteiger partial charge in [0.05, 0.1) is 5.69 Å². The molecule has 0 atom stereocenters. The monoisotopic (exact) mass is 158 g/mol. The molecule has 0 saturated carbocycles. The highest BCUT2D eigenvalue weighted by molar-refractivity contribution is 6.32. The van der Waals surface area contributed by atoms with Crippen molar-refractivity contribution in [3.63, 3.8) is 0 Å². The van der Waals surface area contributed by atoms with Crippen molar-refractivity contribution in [1.82, 2.24) is 20.2 Å². The van der Waals surface area contributed by atoms with E-state index in [1.165, 1.54) is 5.46 Å². The Morgan fingerprint density at radius 1 is 1.33 bits per heavy atom. The summed E-state index contributed by atoms with van der Waals surface area (Å²) >= 11 is 0. The second kappa shape index (κ2) is 2.77. The number of rotatable bonds is 1. The minimum absolute atomic E-state index is 0.986. The van der Waals surface area contributed by atoms with Crippen LogP contribution in [-0.2, 0) is 0 Å². The van der Waals surface area contributed by atoms with Crippen molar-refractivity contribution in [2.45, 2.75) is 0 Å². The van der Waals surface area contributed by atoms with Crippen molar-refractivity contribution in [3.8, 4) is 5.69 Å². The lowest BCUT2D eigenvalue weighted by Gasteiger charge is -1.98. The van der Waals surface area contributed by atoms with Gasteiger partial charge in [-0.15, -0.1) is 5.10 Å². The zero-order valence-corrected chi connectivity index (χ0v) is 6.68. The van der Waals surface area contributed by atoms with E-state index in [1.807, 2.05) is 32.1 Å². The number of nitrogens with zero attached hydrogens (tertiary/aromatic N) is 4. The maximum atomic E-state index is 3.78. The summed E-state index contributed by atoms with van der Waals surface area (Å²) < 4.78 is 1.63. The van der Waals surface area contributed by atoms with Crippen molar-refractivity contribution in [1.29, 1.82) is 0 Å². The molecule has 0 aliphatic rings. The van der Waals surface area contributed by atoms with Crippen LogP contribution in [0.4, 0.5) is 0 Å². The first kappa shape index (κ1) is 7.03. The lowest BCUT2D eigenvalue weighted by molar-refractivity contribution is 0.789. The van der Waals surface area contributed by atoms with Crippen LogP contribution >= 0.6 is 0 Å². The fourth-order valence-corrected chi connectivity index (χ4v) is 1.05. The first-order valence-electron chi connectivity index (χ1n) is 3.66. The maximum Gasteiger partial charge on any atom is 0.143 e. The van der Waals surface area contributed by atoms with Crippen molar-refractivity contribution in [2.75, 3.05) is 0 Å². The zero-order valence-electron chi connectivity index (χ0n) is 6.68. The summed E-state index contributed by atoms with van der Waals surface area (Å²) in [7, 11) is 2.04. The highest BCUT2D eigenvalue weighted by Gasteiger charge is 1.95. The van der Waals surface area contributed by atoms with Crippen LogP contribution in [0.5, 0.6) is 0 Å². The summed E-state index contributed by atoms with van der Waals surface area (Å²) in [5.74, 6) is 0. The quantitative estimate of drug-likeness (QED) is 0.496. The van der Waals surface area contributed by atoms with E-state index in [4.69, 9.17) is 0 Å². The van der Waals surface area contributed by atoms with Gasteiger partial charge in [0.2, 0.25) is 0 Å². The van der Waals surface area contributed by atoms with Crippen molar-refractivity contribution >= 4 is 13.3 Å². The highest BCUT2D eigenvalue weighted by Crippen LogP contribution is 1.99. The molecule has 1 aromatic carbocycles. The molecule has 12 heavy (non-hydrogen) atoms. The smallest absolute Gasteiger partial charge is 0.143 e. The van der Waals surface area contributed by atoms with Gasteiger partial charge in [-0.25, -0.2) is 4.68 Å². The summed E-state index contributed by atoms with van der Waals surface area (Å²) in [5.41, 5.74) is 2.18. The Hall–Kier alpha value is -1.65. The summed E-state index contributed by atoms with van der Waals surface area (Å²) in [5, 5.41) is 10.9. The van der Waals surface area contributed by atoms with Crippen LogP contribution in [0.15, 0.2) is 30.6 Å². The van der Waals surface area contributed by atoms with Crippen LogP contribution < -0.4 is 5.46 Å². The van der Waals surface area contributed by atoms with E-state index in [1.54, 1.807) is 11.0 Å². The SMILES string of the molecule is Bc1cccc(-n2cnnn2)c1. The van der Waals surface area contributed by atoms with Crippen LogP contribution in [0.25, 0.3) is 5.69 Å². The van der Waals surface area contributed by atoms with Crippen molar-refractivity contribution in [3.05, 3.63) is 30.6 Å². The molecule has 0 N–H and O–H groups in total. The standard InChI is InChI=1S/C7H7BN4/c8-6-2-1-3-7(4-6)12-5-9-10-11-12/h1-5H,8H2. The molecule has 4 nitrogen and oxygen atoms in total. The fourth-order valence-electron chi connectivity index (χ4n) is 1.05. The Morgan fingerprint density at radius 3 is 2.92 bits per heavy atom. The molecule has 0 bridgehead atoms. The molecule has 0 amide bonds. The number of aromatic nitrogens is 4. The fraction of sp³-hybridized carbons (Fsp3) is 0. The third kappa shape index (κ3) is 1.21. The highest BCUT2D eigenvalue weighted by atomic mass is 15.5. The van der Waals surface area contributed by atoms with Gasteiger partial charge in [0.15, 0.2) is 0 Å². The lowest BCUT2D eigenvalue weighted by Crippen LogP contribution is -2.04. The Balaban J connectivity index is 2.48. The molecule has 0 aliphatic heterocycles. The van der Waals surface area contributed by atoms with Gasteiger partial charge in [-0.3, -0.25) is 0 Å². The molecule has 0 saturated heterocycles. The van der Waals surface area contributed by atoms with Crippen LogP contribution in [0.3, 0.4) is 0 Å². The van der Waals surface area contributed by atoms with Crippen LogP contribution in [0, 0.1) is 0 Å². The summed E-state index contributed by atoms with van der Waals surface area (Å²) in [4.78, 5) is 0. The molecule has 0 spiro atoms. The zero-order chi connectivity index (χ0) is 8.39. The van der Waals surface area contributed by atoms with E-state index in [0.717, 1.165) is 5.69 Å². The molecule has 5 heteroatoms. The second-order valence-electron chi connectivity index (χ2n) is 2.59. The van der Waals surface area contributed by atoms with Crippen molar-refractivity contribution in [2.24, 2.45) is 0 Å². The summed E-state index contributed by atoms with van der Waals surface area (Å²) in [6.45, 7) is 0. The van der Waals surface area contributed by atoms with E-state index in [-0.39, 0.29) is 0 Å². The van der Waals surface area contributed by atoms with Gasteiger partial charge in [-0.1, -0.05) is 17.6 Å². The average Bonchev–Trinajstić information content (AvgIpc) is 2.56. The van der Waals surface area contributed by atoms with E-state index in [0.29, 0.717) is 0 Å². The third-order valence-electron chi connectivity index (χ3n) is 1.62. The van der Waals surface area contributed by atoms with E-state index < -0.39 is 0 Å². The summed E-state index contributed by atoms with van der Waals surface area (Å²) in [6, 6.07) is 8.00. The second-order valence-corrected chi connectivity index (χ2v) is 2.59. The van der Waals surface area contributed by atoms with E-state index in [2.05, 4.69) is 15.5 Å². The normalized spacial score (nSPS) is 10.0. The average molecular weight is 158 g/mol. The first-order chi connectivity index (χ1) is 5.86. The van der Waals surface area contributed by atoms with Crippen LogP contribution in [0.2, 0.25) is 0 Å². The number of hydrogen-bond acceptors (Lipinski definition) is 3. The topological polar surface area (TPSA) is 43.6 Å². The van der Waals surface area contributed by atoms with Gasteiger partial charge >= 0.3 is 0 Å². The van der Waals surface area contributed by atoms with E-state index >= 15 is 0 Å². The maximum absolute atomic E-state index is 3.78. The van der Waals surface area contributed by atoms with Gasteiger partial charge in [-0.2, -0.15) is 0 Å². The summed E-state index contributed by atoms with van der Waals surface area (Å²) in [6.07, 6.45) is 1.58. The molecule has 0 radical (unpaired) electrons. The Morgan fingerprint density at radius 2 is 2.25 bits per heavy atom. The van der Waals surface area contributed by atoms with Gasteiger partial charge in [0, 0.05) is 0 Å². The molecule has 2 rings (SSSR count). The predicted octanol–water partition coefficient (Wildman–Crippen LogP) is -1.08. The molecule has 0 unspecified atom stereocenters. The Kier molecular flexibility index (Phi) is 1.62. The number of hydrogen-bond donors (Lipinski definition) is 0. The van der Waals surface area contributed by atoms with Crippen LogP contribution in [0.1, 0.15) is 0 Å². The van der Waals surface area contributed by atoms with Gasteiger partial charge in [-0.05, 0) is 22.6 Å². The molecule has 1 aromatic heterocycles. The molecular formula is C7H7BN4. The lowest BCUT2D eigenvalue weighted by atomic mass is 9.96. The van der Waals surface area contributed by atoms with Crippen LogP contribution in [-0.4, -0.2) is 28.1 Å². The van der Waals surface area contributed by atoms with Crippen molar-refractivity contribution < 1.29 is 0 Å². The molecule has 0 fully saturated rings. The molecule has 0 aliphatic carbocycles. The number of benzene rings is 1. The molecule has 2 aromatic rings. The van der Waals surface area contributed by atoms with E-state index in [9.17, 15) is 0 Å². The molecular weight excluding hydrogens is 151 g/mol. The van der Waals surface area contributed by atoms with Gasteiger partial charge < -0.3 is 0 Å². The minimum Gasteiger partial charge on any atom is -0.201 e. The third-order valence-corrected chi connectivity index (χ3v) is 1.62. The number of tetrazole rings is 1.